The molecule has 0 atom stereocenters. The predicted octanol–water partition coefficient (Wildman–Crippen LogP) is -0.0945. The van der Waals surface area contributed by atoms with Crippen LogP contribution in [0.5, 0.6) is 0 Å². The zero-order valence-electron chi connectivity index (χ0n) is 9.50. The van der Waals surface area contributed by atoms with Gasteiger partial charge in [-0.25, -0.2) is 5.10 Å². The minimum absolute atomic E-state index is 0.0865. The van der Waals surface area contributed by atoms with Crippen LogP contribution in [-0.4, -0.2) is 33.5 Å². The molecule has 0 unspecified atom stereocenters. The van der Waals surface area contributed by atoms with Crippen molar-refractivity contribution in [1.82, 2.24) is 20.5 Å². The molecule has 88 valence electrons. The van der Waals surface area contributed by atoms with Crippen molar-refractivity contribution in [3.05, 3.63) is 6.33 Å². The molecule has 3 N–H and O–H groups in total. The van der Waals surface area contributed by atoms with Gasteiger partial charge in [0.05, 0.1) is 6.54 Å². The van der Waals surface area contributed by atoms with Crippen molar-refractivity contribution >= 4 is 17.8 Å². The van der Waals surface area contributed by atoms with Crippen molar-refractivity contribution in [2.45, 2.75) is 20.8 Å². The number of nitrogens with zero attached hydrogens (tertiary/aromatic N) is 2. The number of carbonyl (C=O) groups excluding carboxylic acids is 2. The van der Waals surface area contributed by atoms with E-state index in [4.69, 9.17) is 0 Å². The molecule has 7 nitrogen and oxygen atoms in total. The van der Waals surface area contributed by atoms with Crippen LogP contribution in [0.3, 0.4) is 0 Å². The SMILES string of the molecule is CC(C)(C)C(=O)NCC(=O)Nc1ncn[nH]1. The second-order valence-corrected chi connectivity index (χ2v) is 4.31. The van der Waals surface area contributed by atoms with Gasteiger partial charge < -0.3 is 5.32 Å². The van der Waals surface area contributed by atoms with E-state index in [0.717, 1.165) is 0 Å². The third kappa shape index (κ3) is 3.68. The molecule has 0 aromatic carbocycles. The van der Waals surface area contributed by atoms with Gasteiger partial charge in [0.15, 0.2) is 0 Å². The van der Waals surface area contributed by atoms with Crippen LogP contribution in [0.2, 0.25) is 0 Å². The van der Waals surface area contributed by atoms with Crippen molar-refractivity contribution in [2.75, 3.05) is 11.9 Å². The minimum atomic E-state index is -0.507. The van der Waals surface area contributed by atoms with Gasteiger partial charge >= 0.3 is 0 Å². The Morgan fingerprint density at radius 2 is 2.12 bits per heavy atom. The molecule has 1 heterocycles. The fourth-order valence-electron chi connectivity index (χ4n) is 0.868. The van der Waals surface area contributed by atoms with Gasteiger partial charge in [-0.3, -0.25) is 14.9 Å². The molecule has 0 spiro atoms. The Morgan fingerprint density at radius 1 is 1.44 bits per heavy atom. The van der Waals surface area contributed by atoms with Gasteiger partial charge in [-0.05, 0) is 0 Å². The highest BCUT2D eigenvalue weighted by molar-refractivity contribution is 5.93. The summed E-state index contributed by atoms with van der Waals surface area (Å²) in [5.74, 6) is -0.274. The third-order valence-corrected chi connectivity index (χ3v) is 1.76. The first kappa shape index (κ1) is 12.2. The maximum atomic E-state index is 11.4. The van der Waals surface area contributed by atoms with Crippen molar-refractivity contribution in [1.29, 1.82) is 0 Å². The van der Waals surface area contributed by atoms with Crippen LogP contribution in [0.15, 0.2) is 6.33 Å². The highest BCUT2D eigenvalue weighted by Crippen LogP contribution is 2.11. The summed E-state index contributed by atoms with van der Waals surface area (Å²) >= 11 is 0. The van der Waals surface area contributed by atoms with E-state index in [1.807, 2.05) is 0 Å². The summed E-state index contributed by atoms with van der Waals surface area (Å²) in [5, 5.41) is 11.0. The van der Waals surface area contributed by atoms with Gasteiger partial charge in [-0.2, -0.15) is 10.1 Å². The van der Waals surface area contributed by atoms with Crippen LogP contribution in [0.1, 0.15) is 20.8 Å². The van der Waals surface area contributed by atoms with Crippen LogP contribution < -0.4 is 10.6 Å². The lowest BCUT2D eigenvalue weighted by Crippen LogP contribution is -2.39. The molecule has 1 rings (SSSR count). The first-order chi connectivity index (χ1) is 7.39. The number of aromatic nitrogens is 3. The number of hydrogen-bond donors (Lipinski definition) is 3. The molecule has 2 amide bonds. The second-order valence-electron chi connectivity index (χ2n) is 4.31. The fourth-order valence-corrected chi connectivity index (χ4v) is 0.868. The summed E-state index contributed by atoms with van der Waals surface area (Å²) in [6.07, 6.45) is 1.28. The molecular formula is C9H15N5O2. The molecule has 1 aromatic rings. The van der Waals surface area contributed by atoms with Gasteiger partial charge in [0.2, 0.25) is 17.8 Å². The van der Waals surface area contributed by atoms with Gasteiger partial charge in [-0.1, -0.05) is 20.8 Å². The smallest absolute Gasteiger partial charge is 0.246 e. The standard InChI is InChI=1S/C9H15N5O2/c1-9(2,3)7(16)10-4-6(15)13-8-11-5-12-14-8/h5H,4H2,1-3H3,(H,10,16)(H2,11,12,13,14,15). The van der Waals surface area contributed by atoms with Crippen LogP contribution >= 0.6 is 0 Å². The highest BCUT2D eigenvalue weighted by Gasteiger charge is 2.21. The molecular weight excluding hydrogens is 210 g/mol. The van der Waals surface area contributed by atoms with E-state index in [-0.39, 0.29) is 24.3 Å². The number of amides is 2. The van der Waals surface area contributed by atoms with Gasteiger partial charge in [-0.15, -0.1) is 0 Å². The fraction of sp³-hybridized carbons (Fsp3) is 0.556. The molecule has 1 aromatic heterocycles. The van der Waals surface area contributed by atoms with E-state index < -0.39 is 5.41 Å². The predicted molar refractivity (Wildman–Crippen MR) is 57.5 cm³/mol. The molecule has 0 radical (unpaired) electrons. The maximum Gasteiger partial charge on any atom is 0.246 e. The van der Waals surface area contributed by atoms with Crippen molar-refractivity contribution in [2.24, 2.45) is 5.41 Å². The average Bonchev–Trinajstić information content (AvgIpc) is 2.65. The Labute approximate surface area is 93.0 Å². The Hall–Kier alpha value is -1.92. The van der Waals surface area contributed by atoms with Gasteiger partial charge in [0.1, 0.15) is 6.33 Å². The van der Waals surface area contributed by atoms with Crippen molar-refractivity contribution < 1.29 is 9.59 Å². The Morgan fingerprint density at radius 3 is 2.62 bits per heavy atom. The number of anilines is 1. The second kappa shape index (κ2) is 4.73. The van der Waals surface area contributed by atoms with E-state index in [9.17, 15) is 9.59 Å². The van der Waals surface area contributed by atoms with Gasteiger partial charge in [0, 0.05) is 5.41 Å². The molecule has 7 heteroatoms. The van der Waals surface area contributed by atoms with Crippen molar-refractivity contribution in [3.8, 4) is 0 Å². The first-order valence-electron chi connectivity index (χ1n) is 4.83. The largest absolute Gasteiger partial charge is 0.347 e. The van der Waals surface area contributed by atoms with Crippen LogP contribution in [0.4, 0.5) is 5.95 Å². The summed E-state index contributed by atoms with van der Waals surface area (Å²) < 4.78 is 0. The molecule has 0 fully saturated rings. The number of H-pyrrole nitrogens is 1. The summed E-state index contributed by atoms with van der Waals surface area (Å²) in [6.45, 7) is 5.24. The van der Waals surface area contributed by atoms with E-state index in [0.29, 0.717) is 0 Å². The molecule has 0 bridgehead atoms. The zero-order chi connectivity index (χ0) is 12.2. The van der Waals surface area contributed by atoms with E-state index in [2.05, 4.69) is 25.8 Å². The zero-order valence-corrected chi connectivity index (χ0v) is 9.50. The van der Waals surface area contributed by atoms with Crippen molar-refractivity contribution in [3.63, 3.8) is 0 Å². The van der Waals surface area contributed by atoms with Crippen LogP contribution in [0.25, 0.3) is 0 Å². The van der Waals surface area contributed by atoms with E-state index in [1.165, 1.54) is 6.33 Å². The molecule has 16 heavy (non-hydrogen) atoms. The van der Waals surface area contributed by atoms with Crippen LogP contribution in [-0.2, 0) is 9.59 Å². The summed E-state index contributed by atoms with van der Waals surface area (Å²) in [4.78, 5) is 26.5. The molecule has 0 saturated heterocycles. The Kier molecular flexibility index (Phi) is 3.60. The monoisotopic (exact) mass is 225 g/mol. The number of aromatic amines is 1. The topological polar surface area (TPSA) is 99.8 Å². The van der Waals surface area contributed by atoms with E-state index >= 15 is 0 Å². The third-order valence-electron chi connectivity index (χ3n) is 1.76. The number of hydrogen-bond acceptors (Lipinski definition) is 4. The summed E-state index contributed by atoms with van der Waals surface area (Å²) in [5.41, 5.74) is -0.507. The molecule has 0 aliphatic heterocycles. The Bertz CT molecular complexity index is 366. The molecule has 0 saturated carbocycles. The number of nitrogens with one attached hydrogen (secondary N) is 3. The average molecular weight is 225 g/mol. The summed E-state index contributed by atoms with van der Waals surface area (Å²) in [6, 6.07) is 0. The van der Waals surface area contributed by atoms with Crippen LogP contribution in [0, 0.1) is 5.41 Å². The quantitative estimate of drug-likeness (QED) is 0.669. The molecule has 0 aliphatic carbocycles. The lowest BCUT2D eigenvalue weighted by atomic mass is 9.96. The maximum absolute atomic E-state index is 11.4. The van der Waals surface area contributed by atoms with E-state index in [1.54, 1.807) is 20.8 Å². The highest BCUT2D eigenvalue weighted by atomic mass is 16.2. The summed E-state index contributed by atoms with van der Waals surface area (Å²) in [7, 11) is 0. The normalized spacial score (nSPS) is 10.9. The first-order valence-corrected chi connectivity index (χ1v) is 4.83. The van der Waals surface area contributed by atoms with Gasteiger partial charge in [0.25, 0.3) is 0 Å². The lowest BCUT2D eigenvalue weighted by molar-refractivity contribution is -0.130. The number of rotatable bonds is 3. The Balaban J connectivity index is 2.34. The minimum Gasteiger partial charge on any atom is -0.347 e. The number of carbonyl (C=O) groups is 2. The molecule has 0 aliphatic rings. The lowest BCUT2D eigenvalue weighted by Gasteiger charge is -2.17.